The monoisotopic (exact) mass is 304 g/mol. The van der Waals surface area contributed by atoms with Crippen molar-refractivity contribution in [3.63, 3.8) is 0 Å². The summed E-state index contributed by atoms with van der Waals surface area (Å²) in [6.07, 6.45) is 3.98. The Labute approximate surface area is 122 Å². The predicted molar refractivity (Wildman–Crippen MR) is 74.1 cm³/mol. The van der Waals surface area contributed by atoms with E-state index in [-0.39, 0.29) is 5.56 Å². The van der Waals surface area contributed by atoms with Crippen molar-refractivity contribution in [2.24, 2.45) is 0 Å². The van der Waals surface area contributed by atoms with Crippen LogP contribution in [0.3, 0.4) is 0 Å². The zero-order chi connectivity index (χ0) is 15.0. The average Bonchev–Trinajstić information content (AvgIpc) is 3.05. The molecular formula is C13H9FN4O2S. The van der Waals surface area contributed by atoms with Crippen LogP contribution in [0.15, 0.2) is 30.7 Å². The Morgan fingerprint density at radius 1 is 1.33 bits per heavy atom. The van der Waals surface area contributed by atoms with Crippen LogP contribution >= 0.6 is 11.3 Å². The molecule has 1 N–H and O–H groups in total. The van der Waals surface area contributed by atoms with Crippen LogP contribution in [0.2, 0.25) is 0 Å². The van der Waals surface area contributed by atoms with E-state index in [0.29, 0.717) is 16.4 Å². The van der Waals surface area contributed by atoms with E-state index in [0.717, 1.165) is 11.2 Å². The highest BCUT2D eigenvalue weighted by atomic mass is 32.1. The fourth-order valence-electron chi connectivity index (χ4n) is 1.80. The quantitative estimate of drug-likeness (QED) is 0.804. The molecule has 0 aliphatic carbocycles. The van der Waals surface area contributed by atoms with Crippen molar-refractivity contribution in [2.45, 2.75) is 6.92 Å². The number of aromatic carboxylic acids is 1. The van der Waals surface area contributed by atoms with Crippen LogP contribution in [0, 0.1) is 12.7 Å². The van der Waals surface area contributed by atoms with Crippen LogP contribution in [0.1, 0.15) is 15.4 Å². The summed E-state index contributed by atoms with van der Waals surface area (Å²) >= 11 is 1.35. The first-order chi connectivity index (χ1) is 10.0. The molecule has 0 radical (unpaired) electrons. The molecule has 8 heteroatoms. The summed E-state index contributed by atoms with van der Waals surface area (Å²) in [4.78, 5) is 20.0. The van der Waals surface area contributed by atoms with Gasteiger partial charge >= 0.3 is 5.97 Å². The molecule has 106 valence electrons. The van der Waals surface area contributed by atoms with Gasteiger partial charge in [0, 0.05) is 12.4 Å². The number of halogens is 1. The van der Waals surface area contributed by atoms with Gasteiger partial charge in [-0.05, 0) is 19.1 Å². The number of thiazole rings is 1. The maximum absolute atomic E-state index is 12.9. The Balaban J connectivity index is 2.12. The summed E-state index contributed by atoms with van der Waals surface area (Å²) in [7, 11) is 0. The molecule has 0 bridgehead atoms. The minimum atomic E-state index is -1.09. The standard InChI is InChI=1S/C13H9FN4O2S/c1-7-15-5-10(21-7)12-9(13(19)20)6-18(17-12)11-3-2-8(14)4-16-11/h2-6H,1H3,(H,19,20). The molecule has 3 rings (SSSR count). The normalized spacial score (nSPS) is 10.8. The fraction of sp³-hybridized carbons (Fsp3) is 0.0769. The van der Waals surface area contributed by atoms with Gasteiger partial charge in [0.2, 0.25) is 0 Å². The van der Waals surface area contributed by atoms with Gasteiger partial charge in [0.05, 0.1) is 16.1 Å². The van der Waals surface area contributed by atoms with E-state index < -0.39 is 11.8 Å². The second-order valence-electron chi connectivity index (χ2n) is 4.22. The van der Waals surface area contributed by atoms with E-state index >= 15 is 0 Å². The molecule has 0 aliphatic heterocycles. The van der Waals surface area contributed by atoms with Gasteiger partial charge in [0.25, 0.3) is 0 Å². The van der Waals surface area contributed by atoms with Gasteiger partial charge in [-0.25, -0.2) is 23.8 Å². The highest BCUT2D eigenvalue weighted by Gasteiger charge is 2.19. The van der Waals surface area contributed by atoms with Crippen LogP contribution in [0.4, 0.5) is 4.39 Å². The van der Waals surface area contributed by atoms with Crippen molar-refractivity contribution in [2.75, 3.05) is 0 Å². The lowest BCUT2D eigenvalue weighted by atomic mass is 10.2. The summed E-state index contributed by atoms with van der Waals surface area (Å²) in [6, 6.07) is 2.66. The molecule has 0 aromatic carbocycles. The second kappa shape index (κ2) is 5.06. The van der Waals surface area contributed by atoms with Gasteiger partial charge in [-0.15, -0.1) is 11.3 Å². The third kappa shape index (κ3) is 2.52. The van der Waals surface area contributed by atoms with Gasteiger partial charge in [-0.2, -0.15) is 5.10 Å². The number of pyridine rings is 1. The summed E-state index contributed by atoms with van der Waals surface area (Å²) in [5.41, 5.74) is 0.365. The maximum atomic E-state index is 12.9. The van der Waals surface area contributed by atoms with Crippen molar-refractivity contribution in [3.05, 3.63) is 47.1 Å². The molecule has 0 spiro atoms. The average molecular weight is 304 g/mol. The van der Waals surface area contributed by atoms with E-state index in [9.17, 15) is 14.3 Å². The highest BCUT2D eigenvalue weighted by Crippen LogP contribution is 2.28. The summed E-state index contributed by atoms with van der Waals surface area (Å²) in [6.45, 7) is 1.83. The highest BCUT2D eigenvalue weighted by molar-refractivity contribution is 7.15. The van der Waals surface area contributed by atoms with Gasteiger partial charge in [-0.1, -0.05) is 0 Å². The number of rotatable bonds is 3. The first-order valence-corrected chi connectivity index (χ1v) is 6.74. The molecule has 0 atom stereocenters. The third-order valence-electron chi connectivity index (χ3n) is 2.75. The van der Waals surface area contributed by atoms with Crippen molar-refractivity contribution in [1.29, 1.82) is 0 Å². The number of carboxylic acid groups (broad SMARTS) is 1. The Kier molecular flexibility index (Phi) is 3.22. The number of carbonyl (C=O) groups is 1. The molecule has 3 heterocycles. The first kappa shape index (κ1) is 13.4. The van der Waals surface area contributed by atoms with E-state index in [4.69, 9.17) is 0 Å². The largest absolute Gasteiger partial charge is 0.478 e. The van der Waals surface area contributed by atoms with Crippen LogP contribution in [-0.2, 0) is 0 Å². The Morgan fingerprint density at radius 2 is 2.14 bits per heavy atom. The van der Waals surface area contributed by atoms with Crippen LogP contribution < -0.4 is 0 Å². The Morgan fingerprint density at radius 3 is 2.71 bits per heavy atom. The summed E-state index contributed by atoms with van der Waals surface area (Å²) in [5.74, 6) is -1.22. The second-order valence-corrected chi connectivity index (χ2v) is 5.45. The summed E-state index contributed by atoms with van der Waals surface area (Å²) in [5, 5.41) is 14.3. The van der Waals surface area contributed by atoms with Crippen molar-refractivity contribution in [1.82, 2.24) is 19.7 Å². The Bertz CT molecular complexity index is 810. The molecule has 0 amide bonds. The predicted octanol–water partition coefficient (Wildman–Crippen LogP) is 2.54. The molecule has 3 aromatic rings. The van der Waals surface area contributed by atoms with Crippen molar-refractivity contribution < 1.29 is 14.3 Å². The van der Waals surface area contributed by atoms with Gasteiger partial charge in [0.15, 0.2) is 5.82 Å². The lowest BCUT2D eigenvalue weighted by Crippen LogP contribution is -1.98. The number of hydrogen-bond acceptors (Lipinski definition) is 5. The maximum Gasteiger partial charge on any atom is 0.339 e. The lowest BCUT2D eigenvalue weighted by molar-refractivity contribution is 0.0697. The number of aryl methyl sites for hydroxylation is 1. The van der Waals surface area contributed by atoms with Crippen molar-refractivity contribution >= 4 is 17.3 Å². The number of carboxylic acids is 1. The molecule has 0 aliphatic rings. The fourth-order valence-corrected chi connectivity index (χ4v) is 2.58. The minimum absolute atomic E-state index is 0.0461. The zero-order valence-corrected chi connectivity index (χ0v) is 11.6. The topological polar surface area (TPSA) is 80.9 Å². The number of aromatic nitrogens is 4. The van der Waals surface area contributed by atoms with Crippen molar-refractivity contribution in [3.8, 4) is 16.4 Å². The molecule has 0 fully saturated rings. The van der Waals surface area contributed by atoms with E-state index in [1.807, 2.05) is 6.92 Å². The van der Waals surface area contributed by atoms with E-state index in [1.54, 1.807) is 6.20 Å². The molecule has 0 unspecified atom stereocenters. The summed E-state index contributed by atoms with van der Waals surface area (Å²) < 4.78 is 14.2. The first-order valence-electron chi connectivity index (χ1n) is 5.92. The zero-order valence-electron chi connectivity index (χ0n) is 10.8. The molecule has 3 aromatic heterocycles. The minimum Gasteiger partial charge on any atom is -0.478 e. The third-order valence-corrected chi connectivity index (χ3v) is 3.67. The van der Waals surface area contributed by atoms with Gasteiger partial charge < -0.3 is 5.11 Å². The van der Waals surface area contributed by atoms with Crippen LogP contribution in [0.25, 0.3) is 16.4 Å². The molecular weight excluding hydrogens is 295 g/mol. The lowest BCUT2D eigenvalue weighted by Gasteiger charge is -1.98. The van der Waals surface area contributed by atoms with Gasteiger partial charge in [0.1, 0.15) is 17.1 Å². The molecule has 21 heavy (non-hydrogen) atoms. The van der Waals surface area contributed by atoms with Crippen LogP contribution in [0.5, 0.6) is 0 Å². The smallest absolute Gasteiger partial charge is 0.339 e. The molecule has 6 nitrogen and oxygen atoms in total. The van der Waals surface area contributed by atoms with Gasteiger partial charge in [-0.3, -0.25) is 0 Å². The SMILES string of the molecule is Cc1ncc(-c2nn(-c3ccc(F)cn3)cc2C(=O)O)s1. The number of nitrogens with zero attached hydrogens (tertiary/aromatic N) is 4. The Hall–Kier alpha value is -2.61. The number of hydrogen-bond donors (Lipinski definition) is 1. The molecule has 0 saturated heterocycles. The van der Waals surface area contributed by atoms with E-state index in [2.05, 4.69) is 15.1 Å². The van der Waals surface area contributed by atoms with E-state index in [1.165, 1.54) is 34.3 Å². The van der Waals surface area contributed by atoms with Crippen LogP contribution in [-0.4, -0.2) is 30.8 Å². The molecule has 0 saturated carbocycles.